The summed E-state index contributed by atoms with van der Waals surface area (Å²) >= 11 is 0. The molecule has 0 bridgehead atoms. The van der Waals surface area contributed by atoms with Gasteiger partial charge in [-0.05, 0) is 57.1 Å². The number of hydrogen-bond donors (Lipinski definition) is 1. The van der Waals surface area contributed by atoms with Crippen LogP contribution in [-0.2, 0) is 16.6 Å². The van der Waals surface area contributed by atoms with Crippen molar-refractivity contribution in [1.29, 1.82) is 0 Å². The van der Waals surface area contributed by atoms with E-state index in [1.54, 1.807) is 27.0 Å². The number of hydrogen-bond acceptors (Lipinski definition) is 5. The molecule has 152 valence electrons. The molecule has 8 heteroatoms. The van der Waals surface area contributed by atoms with Crippen LogP contribution in [0.25, 0.3) is 10.9 Å². The minimum atomic E-state index is -3.67. The van der Waals surface area contributed by atoms with Gasteiger partial charge in [0.05, 0.1) is 17.0 Å². The molecule has 0 aliphatic rings. The predicted octanol–water partition coefficient (Wildman–Crippen LogP) is 2.74. The zero-order valence-electron chi connectivity index (χ0n) is 17.1. The molecule has 29 heavy (non-hydrogen) atoms. The highest BCUT2D eigenvalue weighted by atomic mass is 32.2. The van der Waals surface area contributed by atoms with Gasteiger partial charge in [-0.3, -0.25) is 4.79 Å². The van der Waals surface area contributed by atoms with Gasteiger partial charge < -0.3 is 4.90 Å². The average molecular weight is 413 g/mol. The lowest BCUT2D eigenvalue weighted by molar-refractivity contribution is 0.0781. The normalized spacial score (nSPS) is 11.6. The van der Waals surface area contributed by atoms with Crippen LogP contribution in [0.4, 0.5) is 0 Å². The number of fused-ring (bicyclic) bond motifs is 1. The fourth-order valence-corrected chi connectivity index (χ4v) is 4.28. The lowest BCUT2D eigenvalue weighted by atomic mass is 10.1. The highest BCUT2D eigenvalue weighted by Crippen LogP contribution is 2.22. The SMILES string of the molecule is CNS(=O)(=O)c1cc(C(=O)N(C)Cc2nc(C)c3ccccc3n2)cc(C)c1C. The Kier molecular flexibility index (Phi) is 5.68. The van der Waals surface area contributed by atoms with Crippen molar-refractivity contribution in [1.82, 2.24) is 19.6 Å². The van der Waals surface area contributed by atoms with Gasteiger partial charge in [-0.25, -0.2) is 23.1 Å². The maximum absolute atomic E-state index is 13.0. The van der Waals surface area contributed by atoms with E-state index in [2.05, 4.69) is 14.7 Å². The Morgan fingerprint density at radius 1 is 1.10 bits per heavy atom. The van der Waals surface area contributed by atoms with Gasteiger partial charge in [-0.2, -0.15) is 0 Å². The topological polar surface area (TPSA) is 92.3 Å². The van der Waals surface area contributed by atoms with Crippen LogP contribution in [0.2, 0.25) is 0 Å². The first-order valence-electron chi connectivity index (χ1n) is 9.16. The van der Waals surface area contributed by atoms with E-state index in [1.165, 1.54) is 18.0 Å². The molecule has 0 aliphatic heterocycles. The maximum Gasteiger partial charge on any atom is 0.254 e. The molecule has 3 rings (SSSR count). The van der Waals surface area contributed by atoms with E-state index in [0.29, 0.717) is 17.0 Å². The average Bonchev–Trinajstić information content (AvgIpc) is 2.69. The van der Waals surface area contributed by atoms with Crippen molar-refractivity contribution < 1.29 is 13.2 Å². The van der Waals surface area contributed by atoms with Crippen molar-refractivity contribution in [3.05, 3.63) is 64.6 Å². The van der Waals surface area contributed by atoms with Gasteiger partial charge in [-0.15, -0.1) is 0 Å². The molecule has 7 nitrogen and oxygen atoms in total. The van der Waals surface area contributed by atoms with Crippen molar-refractivity contribution in [2.24, 2.45) is 0 Å². The Labute approximate surface area is 170 Å². The molecule has 0 spiro atoms. The van der Waals surface area contributed by atoms with Crippen molar-refractivity contribution in [2.45, 2.75) is 32.2 Å². The minimum Gasteiger partial charge on any atom is -0.334 e. The molecule has 0 radical (unpaired) electrons. The van der Waals surface area contributed by atoms with Gasteiger partial charge in [0.2, 0.25) is 10.0 Å². The lowest BCUT2D eigenvalue weighted by Gasteiger charge is -2.19. The van der Waals surface area contributed by atoms with Gasteiger partial charge in [-0.1, -0.05) is 18.2 Å². The molecule has 0 unspecified atom stereocenters. The van der Waals surface area contributed by atoms with Crippen molar-refractivity contribution >= 4 is 26.8 Å². The first-order chi connectivity index (χ1) is 13.6. The number of carbonyl (C=O) groups excluding carboxylic acids is 1. The minimum absolute atomic E-state index is 0.106. The molecule has 3 aromatic rings. The molecule has 1 amide bonds. The number of para-hydroxylation sites is 1. The molecule has 0 aliphatic carbocycles. The molecular weight excluding hydrogens is 388 g/mol. The Hall–Kier alpha value is -2.84. The highest BCUT2D eigenvalue weighted by molar-refractivity contribution is 7.89. The molecule has 1 N–H and O–H groups in total. The first-order valence-corrected chi connectivity index (χ1v) is 10.6. The Morgan fingerprint density at radius 2 is 1.79 bits per heavy atom. The van der Waals surface area contributed by atoms with Crippen LogP contribution in [0.5, 0.6) is 0 Å². The molecule has 2 aromatic carbocycles. The zero-order valence-corrected chi connectivity index (χ0v) is 18.0. The first kappa shape index (κ1) is 20.9. The second-order valence-electron chi connectivity index (χ2n) is 7.03. The summed E-state index contributed by atoms with van der Waals surface area (Å²) in [7, 11) is -0.666. The number of carbonyl (C=O) groups is 1. The van der Waals surface area contributed by atoms with Crippen molar-refractivity contribution in [3.63, 3.8) is 0 Å². The Morgan fingerprint density at radius 3 is 2.48 bits per heavy atom. The zero-order chi connectivity index (χ0) is 21.3. The summed E-state index contributed by atoms with van der Waals surface area (Å²) in [6.07, 6.45) is 0. The van der Waals surface area contributed by atoms with Gasteiger partial charge in [0.25, 0.3) is 5.91 Å². The lowest BCUT2D eigenvalue weighted by Crippen LogP contribution is -2.28. The quantitative estimate of drug-likeness (QED) is 0.696. The summed E-state index contributed by atoms with van der Waals surface area (Å²) in [6.45, 7) is 5.64. The molecular formula is C21H24N4O3S. The Bertz CT molecular complexity index is 1210. The number of nitrogens with zero attached hydrogens (tertiary/aromatic N) is 3. The number of aryl methyl sites for hydroxylation is 2. The van der Waals surface area contributed by atoms with E-state index in [0.717, 1.165) is 22.2 Å². The second kappa shape index (κ2) is 7.88. The van der Waals surface area contributed by atoms with Gasteiger partial charge in [0.15, 0.2) is 0 Å². The highest BCUT2D eigenvalue weighted by Gasteiger charge is 2.21. The number of aromatic nitrogens is 2. The molecule has 0 atom stereocenters. The Balaban J connectivity index is 1.93. The third kappa shape index (κ3) is 4.13. The number of amides is 1. The van der Waals surface area contributed by atoms with Crippen molar-refractivity contribution in [3.8, 4) is 0 Å². The third-order valence-corrected chi connectivity index (χ3v) is 6.53. The summed E-state index contributed by atoms with van der Waals surface area (Å²) in [5.41, 5.74) is 3.33. The number of rotatable bonds is 5. The summed E-state index contributed by atoms with van der Waals surface area (Å²) in [5.74, 6) is 0.235. The predicted molar refractivity (Wildman–Crippen MR) is 112 cm³/mol. The van der Waals surface area contributed by atoms with Gasteiger partial charge >= 0.3 is 0 Å². The molecule has 0 fully saturated rings. The molecule has 0 saturated carbocycles. The van der Waals surface area contributed by atoms with Crippen molar-refractivity contribution in [2.75, 3.05) is 14.1 Å². The molecule has 1 aromatic heterocycles. The van der Waals surface area contributed by atoms with Crippen LogP contribution in [0.1, 0.15) is 33.0 Å². The second-order valence-corrected chi connectivity index (χ2v) is 8.88. The largest absolute Gasteiger partial charge is 0.334 e. The monoisotopic (exact) mass is 412 g/mol. The summed E-state index contributed by atoms with van der Waals surface area (Å²) in [5, 5.41) is 0.973. The smallest absolute Gasteiger partial charge is 0.254 e. The van der Waals surface area contributed by atoms with E-state index in [4.69, 9.17) is 0 Å². The number of nitrogens with one attached hydrogen (secondary N) is 1. The summed E-state index contributed by atoms with van der Waals surface area (Å²) < 4.78 is 26.9. The van der Waals surface area contributed by atoms with E-state index in [9.17, 15) is 13.2 Å². The van der Waals surface area contributed by atoms with Gasteiger partial charge in [0, 0.05) is 23.7 Å². The standard InChI is InChI=1S/C21H24N4O3S/c1-13-10-16(11-19(14(13)2)29(27,28)22-4)21(26)25(5)12-20-23-15(3)17-8-6-7-9-18(17)24-20/h6-11,22H,12H2,1-5H3. The van der Waals surface area contributed by atoms with Crippen LogP contribution >= 0.6 is 0 Å². The fraction of sp³-hybridized carbons (Fsp3) is 0.286. The summed E-state index contributed by atoms with van der Waals surface area (Å²) in [4.78, 5) is 23.6. The third-order valence-electron chi connectivity index (χ3n) is 4.99. The van der Waals surface area contributed by atoms with E-state index in [1.807, 2.05) is 31.2 Å². The van der Waals surface area contributed by atoms with Crippen LogP contribution in [-0.4, -0.2) is 43.3 Å². The maximum atomic E-state index is 13.0. The summed E-state index contributed by atoms with van der Waals surface area (Å²) in [6, 6.07) is 10.8. The fourth-order valence-electron chi connectivity index (χ4n) is 3.21. The molecule has 0 saturated heterocycles. The number of sulfonamides is 1. The van der Waals surface area contributed by atoms with Crippen LogP contribution in [0.15, 0.2) is 41.3 Å². The molecule has 1 heterocycles. The van der Waals surface area contributed by atoms with Crippen LogP contribution < -0.4 is 4.72 Å². The van der Waals surface area contributed by atoms with Crippen LogP contribution in [0.3, 0.4) is 0 Å². The van der Waals surface area contributed by atoms with E-state index in [-0.39, 0.29) is 17.3 Å². The van der Waals surface area contributed by atoms with Crippen LogP contribution in [0, 0.1) is 20.8 Å². The van der Waals surface area contributed by atoms with E-state index >= 15 is 0 Å². The van der Waals surface area contributed by atoms with Gasteiger partial charge in [0.1, 0.15) is 5.82 Å². The van der Waals surface area contributed by atoms with E-state index < -0.39 is 10.0 Å². The number of benzene rings is 2.